The van der Waals surface area contributed by atoms with E-state index in [1.165, 1.54) is 0 Å². The van der Waals surface area contributed by atoms with Gasteiger partial charge in [0.1, 0.15) is 18.4 Å². The zero-order valence-corrected chi connectivity index (χ0v) is 11.1. The third-order valence-electron chi connectivity index (χ3n) is 2.70. The number of nitrogens with two attached hydrogens (primary N) is 1. The molecule has 0 fully saturated rings. The van der Waals surface area contributed by atoms with Gasteiger partial charge in [-0.2, -0.15) is 5.26 Å². The third kappa shape index (κ3) is 3.67. The summed E-state index contributed by atoms with van der Waals surface area (Å²) in [7, 11) is 1.62. The van der Waals surface area contributed by atoms with Crippen LogP contribution in [-0.4, -0.2) is 24.9 Å². The summed E-state index contributed by atoms with van der Waals surface area (Å²) in [5.74, 6) is 0.583. The molecule has 5 nitrogen and oxygen atoms in total. The van der Waals surface area contributed by atoms with Crippen LogP contribution in [0.5, 0.6) is 5.88 Å². The Morgan fingerprint density at radius 3 is 2.78 bits per heavy atom. The number of hydrogen-bond donors (Lipinski definition) is 1. The highest BCUT2D eigenvalue weighted by Gasteiger charge is 2.13. The van der Waals surface area contributed by atoms with Crippen LogP contribution in [0.3, 0.4) is 0 Å². The highest BCUT2D eigenvalue weighted by molar-refractivity contribution is 5.55. The number of nitrogens with zero attached hydrogens (tertiary/aromatic N) is 2. The van der Waals surface area contributed by atoms with Crippen molar-refractivity contribution in [2.75, 3.05) is 26.1 Å². The number of hydrogen-bond acceptors (Lipinski definition) is 4. The molecule has 0 saturated carbocycles. The van der Waals surface area contributed by atoms with E-state index < -0.39 is 0 Å². The molecule has 5 heteroatoms. The number of ether oxygens (including phenoxy) is 2. The summed E-state index contributed by atoms with van der Waals surface area (Å²) in [5, 5.41) is 9.08. The molecular formula is C13H21N3O2. The molecule has 0 aliphatic rings. The average molecular weight is 251 g/mol. The lowest BCUT2D eigenvalue weighted by Gasteiger charge is -2.12. The number of nitriles is 1. The zero-order valence-electron chi connectivity index (χ0n) is 11.1. The van der Waals surface area contributed by atoms with Gasteiger partial charge in [0.25, 0.3) is 0 Å². The van der Waals surface area contributed by atoms with Gasteiger partial charge in [0.2, 0.25) is 5.88 Å². The summed E-state index contributed by atoms with van der Waals surface area (Å²) in [6.07, 6.45) is 3.28. The van der Waals surface area contributed by atoms with Gasteiger partial charge in [0.15, 0.2) is 0 Å². The van der Waals surface area contributed by atoms with Gasteiger partial charge < -0.3 is 19.8 Å². The molecule has 0 aliphatic carbocycles. The molecule has 0 radical (unpaired) electrons. The van der Waals surface area contributed by atoms with E-state index in [0.29, 0.717) is 30.5 Å². The molecule has 0 amide bonds. The van der Waals surface area contributed by atoms with Gasteiger partial charge in [-0.15, -0.1) is 0 Å². The van der Waals surface area contributed by atoms with E-state index in [0.717, 1.165) is 25.8 Å². The number of aromatic nitrogens is 1. The van der Waals surface area contributed by atoms with Crippen molar-refractivity contribution >= 4 is 5.69 Å². The maximum atomic E-state index is 9.08. The Hall–Kier alpha value is -1.67. The molecule has 1 aromatic rings. The van der Waals surface area contributed by atoms with Gasteiger partial charge in [-0.05, 0) is 6.42 Å². The summed E-state index contributed by atoms with van der Waals surface area (Å²) < 4.78 is 12.4. The Bertz CT molecular complexity index is 407. The third-order valence-corrected chi connectivity index (χ3v) is 2.70. The minimum atomic E-state index is 0.434. The van der Waals surface area contributed by atoms with Crippen molar-refractivity contribution in [2.24, 2.45) is 0 Å². The minimum absolute atomic E-state index is 0.434. The van der Waals surface area contributed by atoms with Crippen molar-refractivity contribution in [2.45, 2.75) is 32.7 Å². The first kappa shape index (κ1) is 14.4. The Kier molecular flexibility index (Phi) is 6.09. The van der Waals surface area contributed by atoms with Crippen LogP contribution in [0, 0.1) is 11.3 Å². The fourth-order valence-corrected chi connectivity index (χ4v) is 1.77. The van der Waals surface area contributed by atoms with Crippen LogP contribution in [0.1, 0.15) is 31.9 Å². The second-order valence-electron chi connectivity index (χ2n) is 4.10. The first-order chi connectivity index (χ1) is 8.74. The Labute approximate surface area is 108 Å². The maximum absolute atomic E-state index is 9.08. The Morgan fingerprint density at radius 2 is 2.17 bits per heavy atom. The molecule has 100 valence electrons. The monoisotopic (exact) mass is 251 g/mol. The molecule has 0 bridgehead atoms. The van der Waals surface area contributed by atoms with E-state index in [2.05, 4.69) is 13.0 Å². The van der Waals surface area contributed by atoms with Crippen molar-refractivity contribution in [1.82, 2.24) is 4.57 Å². The summed E-state index contributed by atoms with van der Waals surface area (Å²) >= 11 is 0. The average Bonchev–Trinajstić information content (AvgIpc) is 2.67. The number of methoxy groups -OCH3 is 1. The maximum Gasteiger partial charge on any atom is 0.218 e. The van der Waals surface area contributed by atoms with Crippen molar-refractivity contribution in [1.29, 1.82) is 5.26 Å². The Balaban J connectivity index is 2.78. The quantitative estimate of drug-likeness (QED) is 0.718. The molecule has 1 heterocycles. The van der Waals surface area contributed by atoms with Crippen molar-refractivity contribution in [3.05, 3.63) is 11.8 Å². The number of rotatable bonds is 8. The lowest BCUT2D eigenvalue weighted by molar-refractivity contribution is 0.141. The van der Waals surface area contributed by atoms with Gasteiger partial charge in [-0.25, -0.2) is 0 Å². The van der Waals surface area contributed by atoms with Crippen molar-refractivity contribution < 1.29 is 9.47 Å². The molecule has 1 aromatic heterocycles. The molecule has 0 saturated heterocycles. The normalized spacial score (nSPS) is 10.3. The highest BCUT2D eigenvalue weighted by Crippen LogP contribution is 2.27. The topological polar surface area (TPSA) is 73.2 Å². The number of anilines is 1. The molecule has 1 rings (SSSR count). The lowest BCUT2D eigenvalue weighted by atomic mass is 10.2. The Morgan fingerprint density at radius 1 is 1.39 bits per heavy atom. The first-order valence-electron chi connectivity index (χ1n) is 6.25. The summed E-state index contributed by atoms with van der Waals surface area (Å²) in [5.41, 5.74) is 6.93. The standard InChI is InChI=1S/C13H21N3O2/c1-3-4-5-6-16-11(10-14)9-12(15)13(16)18-8-7-17-2/h9H,3-8,15H2,1-2H3. The molecule has 0 unspecified atom stereocenters. The van der Waals surface area contributed by atoms with Gasteiger partial charge >= 0.3 is 0 Å². The van der Waals surface area contributed by atoms with E-state index in [9.17, 15) is 0 Å². The molecule has 0 atom stereocenters. The predicted molar refractivity (Wildman–Crippen MR) is 70.5 cm³/mol. The summed E-state index contributed by atoms with van der Waals surface area (Å²) in [4.78, 5) is 0. The summed E-state index contributed by atoms with van der Waals surface area (Å²) in [6, 6.07) is 3.81. The molecule has 18 heavy (non-hydrogen) atoms. The fraction of sp³-hybridized carbons (Fsp3) is 0.615. The van der Waals surface area contributed by atoms with Crippen molar-refractivity contribution in [3.63, 3.8) is 0 Å². The van der Waals surface area contributed by atoms with E-state index in [-0.39, 0.29) is 0 Å². The zero-order chi connectivity index (χ0) is 13.4. The van der Waals surface area contributed by atoms with Gasteiger partial charge in [0, 0.05) is 19.7 Å². The predicted octanol–water partition coefficient (Wildman–Crippen LogP) is 2.16. The van der Waals surface area contributed by atoms with Crippen LogP contribution >= 0.6 is 0 Å². The van der Waals surface area contributed by atoms with Gasteiger partial charge in [0.05, 0.1) is 12.3 Å². The molecule has 0 aliphatic heterocycles. The lowest BCUT2D eigenvalue weighted by Crippen LogP contribution is -2.10. The second kappa shape index (κ2) is 7.62. The minimum Gasteiger partial charge on any atom is -0.475 e. The largest absolute Gasteiger partial charge is 0.475 e. The molecule has 0 spiro atoms. The molecular weight excluding hydrogens is 230 g/mol. The van der Waals surface area contributed by atoms with Crippen LogP contribution in [0.2, 0.25) is 0 Å². The smallest absolute Gasteiger partial charge is 0.218 e. The molecule has 0 aromatic carbocycles. The molecule has 2 N–H and O–H groups in total. The number of unbranched alkanes of at least 4 members (excludes halogenated alkanes) is 2. The van der Waals surface area contributed by atoms with Gasteiger partial charge in [-0.3, -0.25) is 0 Å². The van der Waals surface area contributed by atoms with E-state index in [1.54, 1.807) is 13.2 Å². The van der Waals surface area contributed by atoms with Crippen molar-refractivity contribution in [3.8, 4) is 11.9 Å². The van der Waals surface area contributed by atoms with Crippen LogP contribution in [0.4, 0.5) is 5.69 Å². The van der Waals surface area contributed by atoms with E-state index in [1.807, 2.05) is 4.57 Å². The first-order valence-corrected chi connectivity index (χ1v) is 6.25. The van der Waals surface area contributed by atoms with Crippen LogP contribution in [0.15, 0.2) is 6.07 Å². The van der Waals surface area contributed by atoms with Crippen LogP contribution < -0.4 is 10.5 Å². The van der Waals surface area contributed by atoms with Gasteiger partial charge in [-0.1, -0.05) is 19.8 Å². The second-order valence-corrected chi connectivity index (χ2v) is 4.10. The van der Waals surface area contributed by atoms with Crippen LogP contribution in [0.25, 0.3) is 0 Å². The number of nitrogen functional groups attached to an aromatic ring is 1. The fourth-order valence-electron chi connectivity index (χ4n) is 1.77. The SMILES string of the molecule is CCCCCn1c(C#N)cc(N)c1OCCOC. The van der Waals surface area contributed by atoms with Crippen LogP contribution in [-0.2, 0) is 11.3 Å². The summed E-state index contributed by atoms with van der Waals surface area (Å²) in [6.45, 7) is 3.84. The van der Waals surface area contributed by atoms with E-state index in [4.69, 9.17) is 20.5 Å². The highest BCUT2D eigenvalue weighted by atomic mass is 16.5. The van der Waals surface area contributed by atoms with E-state index >= 15 is 0 Å².